The van der Waals surface area contributed by atoms with E-state index in [1.165, 1.54) is 11.1 Å². The van der Waals surface area contributed by atoms with Gasteiger partial charge in [0.15, 0.2) is 0 Å². The first kappa shape index (κ1) is 12.7. The van der Waals surface area contributed by atoms with E-state index in [1.54, 1.807) is 0 Å². The van der Waals surface area contributed by atoms with Gasteiger partial charge in [-0.2, -0.15) is 0 Å². The minimum atomic E-state index is 0.554. The maximum Gasteiger partial charge on any atom is 0.123 e. The topological polar surface area (TPSA) is 42.4 Å². The summed E-state index contributed by atoms with van der Waals surface area (Å²) in [6.45, 7) is 5.35. The molecular weight excluding hydrogens is 224 g/mol. The van der Waals surface area contributed by atoms with E-state index in [4.69, 9.17) is 10.2 Å². The zero-order valence-electron chi connectivity index (χ0n) is 11.2. The Morgan fingerprint density at radius 3 is 2.56 bits per heavy atom. The molecule has 2 aromatic rings. The van der Waals surface area contributed by atoms with Crippen molar-refractivity contribution in [2.75, 3.05) is 11.9 Å². The van der Waals surface area contributed by atoms with Gasteiger partial charge in [-0.15, -0.1) is 0 Å². The molecule has 2 N–H and O–H groups in total. The second-order valence-electron chi connectivity index (χ2n) is 4.70. The van der Waals surface area contributed by atoms with E-state index in [0.717, 1.165) is 23.8 Å². The van der Waals surface area contributed by atoms with Gasteiger partial charge < -0.3 is 15.1 Å². The fourth-order valence-electron chi connectivity index (χ4n) is 2.14. The molecule has 0 unspecified atom stereocenters. The summed E-state index contributed by atoms with van der Waals surface area (Å²) in [5.41, 5.74) is 9.37. The van der Waals surface area contributed by atoms with Gasteiger partial charge in [0.1, 0.15) is 11.5 Å². The summed E-state index contributed by atoms with van der Waals surface area (Å²) in [6, 6.07) is 10.4. The number of furan rings is 1. The highest BCUT2D eigenvalue weighted by molar-refractivity contribution is 5.54. The van der Waals surface area contributed by atoms with E-state index < -0.39 is 0 Å². The molecule has 0 saturated heterocycles. The van der Waals surface area contributed by atoms with Crippen LogP contribution in [-0.4, -0.2) is 7.05 Å². The van der Waals surface area contributed by atoms with Crippen LogP contribution in [0, 0.1) is 13.8 Å². The Labute approximate surface area is 108 Å². The molecule has 0 amide bonds. The van der Waals surface area contributed by atoms with Crippen LogP contribution in [0.1, 0.15) is 22.6 Å². The number of hydrogen-bond donors (Lipinski definition) is 1. The molecule has 0 atom stereocenters. The average Bonchev–Trinajstić information content (AvgIpc) is 2.74. The summed E-state index contributed by atoms with van der Waals surface area (Å²) < 4.78 is 5.60. The molecule has 0 aliphatic rings. The predicted octanol–water partition coefficient (Wildman–Crippen LogP) is 2.99. The van der Waals surface area contributed by atoms with Crippen LogP contribution in [0.5, 0.6) is 0 Å². The standard InChI is InChI=1S/C15H20N2O/c1-11-4-7-15(13(8-11)9-16)17(3)10-14-6-5-12(2)18-14/h4-8H,9-10,16H2,1-3H3. The molecule has 18 heavy (non-hydrogen) atoms. The fourth-order valence-corrected chi connectivity index (χ4v) is 2.14. The van der Waals surface area contributed by atoms with Crippen molar-refractivity contribution in [1.29, 1.82) is 0 Å². The summed E-state index contributed by atoms with van der Waals surface area (Å²) >= 11 is 0. The summed E-state index contributed by atoms with van der Waals surface area (Å²) in [5, 5.41) is 0. The average molecular weight is 244 g/mol. The molecule has 0 saturated carbocycles. The Morgan fingerprint density at radius 2 is 1.94 bits per heavy atom. The Balaban J connectivity index is 2.20. The van der Waals surface area contributed by atoms with Crippen LogP contribution in [0.15, 0.2) is 34.7 Å². The molecule has 1 heterocycles. The first-order chi connectivity index (χ1) is 8.60. The second kappa shape index (κ2) is 5.27. The largest absolute Gasteiger partial charge is 0.464 e. The van der Waals surface area contributed by atoms with Crippen LogP contribution in [0.25, 0.3) is 0 Å². The Hall–Kier alpha value is -1.74. The molecule has 3 heteroatoms. The number of rotatable bonds is 4. The van der Waals surface area contributed by atoms with Crippen LogP contribution < -0.4 is 10.6 Å². The molecular formula is C15H20N2O. The molecule has 1 aromatic heterocycles. The maximum absolute atomic E-state index is 5.80. The Bertz CT molecular complexity index is 531. The van der Waals surface area contributed by atoms with Gasteiger partial charge in [0, 0.05) is 19.3 Å². The number of nitrogens with two attached hydrogens (primary N) is 1. The first-order valence-corrected chi connectivity index (χ1v) is 6.16. The first-order valence-electron chi connectivity index (χ1n) is 6.16. The van der Waals surface area contributed by atoms with E-state index in [9.17, 15) is 0 Å². The van der Waals surface area contributed by atoms with Crippen molar-refractivity contribution in [1.82, 2.24) is 0 Å². The third-order valence-corrected chi connectivity index (χ3v) is 3.06. The van der Waals surface area contributed by atoms with Crippen LogP contribution in [0.3, 0.4) is 0 Å². The number of anilines is 1. The number of hydrogen-bond acceptors (Lipinski definition) is 3. The van der Waals surface area contributed by atoms with Gasteiger partial charge >= 0.3 is 0 Å². The lowest BCUT2D eigenvalue weighted by Crippen LogP contribution is -2.18. The smallest absolute Gasteiger partial charge is 0.123 e. The van der Waals surface area contributed by atoms with Crippen molar-refractivity contribution in [3.63, 3.8) is 0 Å². The van der Waals surface area contributed by atoms with E-state index in [2.05, 4.69) is 37.1 Å². The lowest BCUT2D eigenvalue weighted by molar-refractivity contribution is 0.481. The summed E-state index contributed by atoms with van der Waals surface area (Å²) in [7, 11) is 2.06. The molecule has 0 fully saturated rings. The van der Waals surface area contributed by atoms with Gasteiger partial charge in [-0.05, 0) is 37.6 Å². The number of aryl methyl sites for hydroxylation is 2. The zero-order valence-corrected chi connectivity index (χ0v) is 11.2. The molecule has 0 aliphatic carbocycles. The van der Waals surface area contributed by atoms with Crippen LogP contribution >= 0.6 is 0 Å². The van der Waals surface area contributed by atoms with Crippen LogP contribution in [-0.2, 0) is 13.1 Å². The quantitative estimate of drug-likeness (QED) is 0.899. The molecule has 96 valence electrons. The Kier molecular flexibility index (Phi) is 3.72. The number of nitrogens with zero attached hydrogens (tertiary/aromatic N) is 1. The van der Waals surface area contributed by atoms with Crippen molar-refractivity contribution < 1.29 is 4.42 Å². The third-order valence-electron chi connectivity index (χ3n) is 3.06. The zero-order chi connectivity index (χ0) is 13.1. The van der Waals surface area contributed by atoms with E-state index in [0.29, 0.717) is 6.54 Å². The summed E-state index contributed by atoms with van der Waals surface area (Å²) in [5.74, 6) is 1.92. The predicted molar refractivity (Wildman–Crippen MR) is 74.6 cm³/mol. The van der Waals surface area contributed by atoms with Crippen molar-refractivity contribution >= 4 is 5.69 Å². The van der Waals surface area contributed by atoms with Crippen LogP contribution in [0.4, 0.5) is 5.69 Å². The summed E-state index contributed by atoms with van der Waals surface area (Å²) in [4.78, 5) is 2.17. The van der Waals surface area contributed by atoms with Gasteiger partial charge in [0.05, 0.1) is 6.54 Å². The van der Waals surface area contributed by atoms with Crippen LogP contribution in [0.2, 0.25) is 0 Å². The molecule has 1 aromatic carbocycles. The van der Waals surface area contributed by atoms with Crippen molar-refractivity contribution in [3.8, 4) is 0 Å². The van der Waals surface area contributed by atoms with Crippen molar-refractivity contribution in [2.24, 2.45) is 5.73 Å². The van der Waals surface area contributed by atoms with Gasteiger partial charge in [0.2, 0.25) is 0 Å². The SMILES string of the molecule is Cc1ccc(N(C)Cc2ccc(C)o2)c(CN)c1. The summed E-state index contributed by atoms with van der Waals surface area (Å²) in [6.07, 6.45) is 0. The van der Waals surface area contributed by atoms with Gasteiger partial charge in [-0.3, -0.25) is 0 Å². The second-order valence-corrected chi connectivity index (χ2v) is 4.70. The highest BCUT2D eigenvalue weighted by Gasteiger charge is 2.09. The normalized spacial score (nSPS) is 10.7. The molecule has 0 aliphatic heterocycles. The van der Waals surface area contributed by atoms with Gasteiger partial charge in [-0.1, -0.05) is 17.7 Å². The Morgan fingerprint density at radius 1 is 1.17 bits per heavy atom. The van der Waals surface area contributed by atoms with Crippen molar-refractivity contribution in [2.45, 2.75) is 26.9 Å². The monoisotopic (exact) mass is 244 g/mol. The van der Waals surface area contributed by atoms with E-state index in [-0.39, 0.29) is 0 Å². The van der Waals surface area contributed by atoms with E-state index >= 15 is 0 Å². The molecule has 0 spiro atoms. The van der Waals surface area contributed by atoms with E-state index in [1.807, 2.05) is 19.1 Å². The minimum absolute atomic E-state index is 0.554. The third kappa shape index (κ3) is 2.74. The van der Waals surface area contributed by atoms with Gasteiger partial charge in [-0.25, -0.2) is 0 Å². The molecule has 2 rings (SSSR count). The maximum atomic E-state index is 5.80. The van der Waals surface area contributed by atoms with Gasteiger partial charge in [0.25, 0.3) is 0 Å². The molecule has 0 bridgehead atoms. The number of benzene rings is 1. The minimum Gasteiger partial charge on any atom is -0.464 e. The molecule has 0 radical (unpaired) electrons. The fraction of sp³-hybridized carbons (Fsp3) is 0.333. The lowest BCUT2D eigenvalue weighted by Gasteiger charge is -2.21. The lowest BCUT2D eigenvalue weighted by atomic mass is 10.1. The van der Waals surface area contributed by atoms with Crippen molar-refractivity contribution in [3.05, 3.63) is 53.0 Å². The highest BCUT2D eigenvalue weighted by atomic mass is 16.3. The highest BCUT2D eigenvalue weighted by Crippen LogP contribution is 2.22. The molecule has 3 nitrogen and oxygen atoms in total.